The molecule has 1 heterocycles. The van der Waals surface area contributed by atoms with Gasteiger partial charge >= 0.3 is 0 Å². The lowest BCUT2D eigenvalue weighted by Gasteiger charge is -2.05. The summed E-state index contributed by atoms with van der Waals surface area (Å²) in [6.45, 7) is 13.7. The molecule has 1 rings (SSSR count). The van der Waals surface area contributed by atoms with Gasteiger partial charge in [0.15, 0.2) is 0 Å². The number of furan rings is 1. The van der Waals surface area contributed by atoms with Crippen molar-refractivity contribution in [3.8, 4) is 0 Å². The summed E-state index contributed by atoms with van der Waals surface area (Å²) in [4.78, 5) is 0. The quantitative estimate of drug-likeness (QED) is 0.240. The van der Waals surface area contributed by atoms with Gasteiger partial charge in [0.2, 0.25) is 0 Å². The maximum atomic E-state index is 5.12. The Hall–Kier alpha value is -1.76. The molecule has 31 heavy (non-hydrogen) atoms. The minimum Gasteiger partial charge on any atom is -0.472 e. The van der Waals surface area contributed by atoms with Crippen LogP contribution < -0.4 is 0 Å². The fraction of sp³-hybridized carbons (Fsp3) is 0.600. The molecule has 0 bridgehead atoms. The second kappa shape index (κ2) is 16.9. The Bertz CT molecular complexity index is 695. The molecule has 1 aromatic rings. The van der Waals surface area contributed by atoms with Crippen molar-refractivity contribution in [2.75, 3.05) is 0 Å². The Morgan fingerprint density at radius 3 is 1.68 bits per heavy atom. The Morgan fingerprint density at radius 2 is 1.23 bits per heavy atom. The summed E-state index contributed by atoms with van der Waals surface area (Å²) in [7, 11) is 0. The summed E-state index contributed by atoms with van der Waals surface area (Å²) >= 11 is 0. The largest absolute Gasteiger partial charge is 0.472 e. The first-order valence-electron chi connectivity index (χ1n) is 12.5. The number of allylic oxidation sites excluding steroid dienone is 8. The maximum Gasteiger partial charge on any atom is 0.0934 e. The van der Waals surface area contributed by atoms with Crippen molar-refractivity contribution in [2.45, 2.75) is 112 Å². The first-order chi connectivity index (χ1) is 14.9. The monoisotopic (exact) mass is 424 g/mol. The summed E-state index contributed by atoms with van der Waals surface area (Å²) in [6.07, 6.45) is 26.5. The van der Waals surface area contributed by atoms with Gasteiger partial charge in [0, 0.05) is 0 Å². The van der Waals surface area contributed by atoms with Crippen LogP contribution in [0.15, 0.2) is 69.6 Å². The van der Waals surface area contributed by atoms with Gasteiger partial charge in [-0.2, -0.15) is 0 Å². The molecule has 0 aromatic carbocycles. The van der Waals surface area contributed by atoms with Crippen LogP contribution >= 0.6 is 0 Å². The molecule has 174 valence electrons. The van der Waals surface area contributed by atoms with Crippen molar-refractivity contribution < 1.29 is 4.42 Å². The average molecular weight is 425 g/mol. The molecule has 0 aliphatic heterocycles. The van der Waals surface area contributed by atoms with Crippen LogP contribution in [0, 0.1) is 5.92 Å². The fourth-order valence-corrected chi connectivity index (χ4v) is 3.76. The molecular weight excluding hydrogens is 376 g/mol. The highest BCUT2D eigenvalue weighted by atomic mass is 16.3. The van der Waals surface area contributed by atoms with Gasteiger partial charge in [0.05, 0.1) is 12.5 Å². The van der Waals surface area contributed by atoms with E-state index in [0.29, 0.717) is 0 Å². The van der Waals surface area contributed by atoms with E-state index < -0.39 is 0 Å². The SMILES string of the molecule is CC(=CCCC(C)=CCCc1ccoc1)CCC=C(C)CCC=C(C)CCCC(C)C. The Labute approximate surface area is 193 Å². The van der Waals surface area contributed by atoms with Gasteiger partial charge in [0.1, 0.15) is 0 Å². The smallest absolute Gasteiger partial charge is 0.0934 e. The molecule has 0 aliphatic carbocycles. The molecule has 0 saturated carbocycles. The third-order valence-corrected chi connectivity index (χ3v) is 5.95. The van der Waals surface area contributed by atoms with Crippen LogP contribution in [0.25, 0.3) is 0 Å². The second-order valence-electron chi connectivity index (χ2n) is 9.77. The number of rotatable bonds is 16. The van der Waals surface area contributed by atoms with Crippen LogP contribution in [0.5, 0.6) is 0 Å². The van der Waals surface area contributed by atoms with Gasteiger partial charge in [-0.25, -0.2) is 0 Å². The Morgan fingerprint density at radius 1 is 0.742 bits per heavy atom. The molecule has 1 nitrogen and oxygen atoms in total. The van der Waals surface area contributed by atoms with Gasteiger partial charge in [-0.1, -0.05) is 66.9 Å². The van der Waals surface area contributed by atoms with Crippen LogP contribution in [0.4, 0.5) is 0 Å². The molecule has 0 N–H and O–H groups in total. The van der Waals surface area contributed by atoms with Crippen molar-refractivity contribution in [3.63, 3.8) is 0 Å². The zero-order chi connectivity index (χ0) is 22.9. The van der Waals surface area contributed by atoms with Crippen molar-refractivity contribution >= 4 is 0 Å². The normalized spacial score (nSPS) is 14.0. The van der Waals surface area contributed by atoms with Crippen molar-refractivity contribution in [1.82, 2.24) is 0 Å². The van der Waals surface area contributed by atoms with Crippen molar-refractivity contribution in [3.05, 3.63) is 70.8 Å². The summed E-state index contributed by atoms with van der Waals surface area (Å²) < 4.78 is 5.12. The highest BCUT2D eigenvalue weighted by Gasteiger charge is 1.97. The standard InChI is InChI=1S/C30H48O/c1-25(2)12-7-13-26(3)14-8-15-27(4)16-9-17-28(5)18-10-19-29(6)20-11-21-30-22-23-31-24-30/h14,16,18,20,22-25H,7-13,15,17,19,21H2,1-6H3. The Balaban J connectivity index is 2.17. The molecule has 1 heteroatoms. The van der Waals surface area contributed by atoms with E-state index in [2.05, 4.69) is 71.9 Å². The molecule has 0 fully saturated rings. The molecule has 0 radical (unpaired) electrons. The lowest BCUT2D eigenvalue weighted by molar-refractivity contribution is 0.554. The highest BCUT2D eigenvalue weighted by molar-refractivity contribution is 5.09. The molecule has 0 amide bonds. The zero-order valence-corrected chi connectivity index (χ0v) is 21.3. The van der Waals surface area contributed by atoms with E-state index in [4.69, 9.17) is 4.42 Å². The number of hydrogen-bond donors (Lipinski definition) is 0. The predicted molar refractivity (Wildman–Crippen MR) is 138 cm³/mol. The van der Waals surface area contributed by atoms with E-state index in [1.54, 1.807) is 11.8 Å². The second-order valence-corrected chi connectivity index (χ2v) is 9.77. The van der Waals surface area contributed by atoms with Crippen LogP contribution in [0.1, 0.15) is 111 Å². The van der Waals surface area contributed by atoms with Gasteiger partial charge < -0.3 is 4.42 Å². The molecule has 0 aliphatic rings. The fourth-order valence-electron chi connectivity index (χ4n) is 3.76. The number of hydrogen-bond acceptors (Lipinski definition) is 1. The summed E-state index contributed by atoms with van der Waals surface area (Å²) in [5.41, 5.74) is 7.41. The summed E-state index contributed by atoms with van der Waals surface area (Å²) in [5.74, 6) is 0.828. The van der Waals surface area contributed by atoms with Crippen LogP contribution in [-0.2, 0) is 6.42 Å². The third-order valence-electron chi connectivity index (χ3n) is 5.95. The lowest BCUT2D eigenvalue weighted by Crippen LogP contribution is -1.88. The molecule has 0 spiro atoms. The summed E-state index contributed by atoms with van der Waals surface area (Å²) in [6, 6.07) is 2.05. The first kappa shape index (κ1) is 27.3. The van der Waals surface area contributed by atoms with Crippen LogP contribution in [0.3, 0.4) is 0 Å². The van der Waals surface area contributed by atoms with E-state index in [1.165, 1.54) is 73.6 Å². The van der Waals surface area contributed by atoms with Crippen LogP contribution in [0.2, 0.25) is 0 Å². The van der Waals surface area contributed by atoms with Crippen molar-refractivity contribution in [1.29, 1.82) is 0 Å². The van der Waals surface area contributed by atoms with E-state index in [1.807, 2.05) is 6.26 Å². The van der Waals surface area contributed by atoms with Crippen LogP contribution in [-0.4, -0.2) is 0 Å². The minimum absolute atomic E-state index is 0.828. The topological polar surface area (TPSA) is 13.1 Å². The number of aryl methyl sites for hydroxylation is 1. The predicted octanol–water partition coefficient (Wildman–Crippen LogP) is 10.2. The molecule has 1 aromatic heterocycles. The van der Waals surface area contributed by atoms with E-state index >= 15 is 0 Å². The zero-order valence-electron chi connectivity index (χ0n) is 21.3. The minimum atomic E-state index is 0.828. The molecule has 0 unspecified atom stereocenters. The van der Waals surface area contributed by atoms with E-state index in [9.17, 15) is 0 Å². The van der Waals surface area contributed by atoms with E-state index in [0.717, 1.165) is 25.2 Å². The van der Waals surface area contributed by atoms with E-state index in [-0.39, 0.29) is 0 Å². The van der Waals surface area contributed by atoms with Gasteiger partial charge in [-0.3, -0.25) is 0 Å². The molecular formula is C30H48O. The maximum absolute atomic E-state index is 5.12. The summed E-state index contributed by atoms with van der Waals surface area (Å²) in [5, 5.41) is 0. The van der Waals surface area contributed by atoms with Gasteiger partial charge in [-0.15, -0.1) is 0 Å². The lowest BCUT2D eigenvalue weighted by atomic mass is 10.0. The van der Waals surface area contributed by atoms with Gasteiger partial charge in [-0.05, 0) is 109 Å². The molecule has 0 atom stereocenters. The van der Waals surface area contributed by atoms with Crippen molar-refractivity contribution in [2.24, 2.45) is 5.92 Å². The van der Waals surface area contributed by atoms with Gasteiger partial charge in [0.25, 0.3) is 0 Å². The third kappa shape index (κ3) is 15.7. The highest BCUT2D eigenvalue weighted by Crippen LogP contribution is 2.16. The average Bonchev–Trinajstić information content (AvgIpc) is 3.21. The first-order valence-corrected chi connectivity index (χ1v) is 12.5. The molecule has 0 saturated heterocycles. The Kier molecular flexibility index (Phi) is 14.8.